The van der Waals surface area contributed by atoms with Gasteiger partial charge in [-0.1, -0.05) is 36.3 Å². The Morgan fingerprint density at radius 2 is 2.08 bits per heavy atom. The van der Waals surface area contributed by atoms with Crippen molar-refractivity contribution in [2.24, 2.45) is 0 Å². The molecule has 0 saturated heterocycles. The summed E-state index contributed by atoms with van der Waals surface area (Å²) in [5.74, 6) is 1.25. The first kappa shape index (κ1) is 16.4. The van der Waals surface area contributed by atoms with Crippen LogP contribution in [0.3, 0.4) is 0 Å². The van der Waals surface area contributed by atoms with E-state index in [4.69, 9.17) is 4.52 Å². The van der Waals surface area contributed by atoms with Crippen LogP contribution >= 0.6 is 11.3 Å². The number of nitrogens with zero attached hydrogens (tertiary/aromatic N) is 2. The number of amides is 1. The van der Waals surface area contributed by atoms with E-state index in [1.807, 2.05) is 31.2 Å². The number of thiophene rings is 1. The van der Waals surface area contributed by atoms with E-state index < -0.39 is 0 Å². The fourth-order valence-electron chi connectivity index (χ4n) is 2.30. The normalized spacial score (nSPS) is 10.8. The SMILES string of the molecule is CCC(=O)NCc1ccc(-c2noc(Cc3ccccc3C)n2)s1. The molecule has 0 atom stereocenters. The van der Waals surface area contributed by atoms with Crippen LogP contribution < -0.4 is 5.32 Å². The maximum atomic E-state index is 11.3. The second-order valence-corrected chi connectivity index (χ2v) is 6.68. The van der Waals surface area contributed by atoms with Gasteiger partial charge in [-0.2, -0.15) is 4.98 Å². The smallest absolute Gasteiger partial charge is 0.231 e. The van der Waals surface area contributed by atoms with Gasteiger partial charge >= 0.3 is 0 Å². The van der Waals surface area contributed by atoms with E-state index >= 15 is 0 Å². The van der Waals surface area contributed by atoms with Crippen molar-refractivity contribution in [1.29, 1.82) is 0 Å². The number of nitrogens with one attached hydrogen (secondary N) is 1. The molecule has 6 heteroatoms. The number of hydrogen-bond donors (Lipinski definition) is 1. The van der Waals surface area contributed by atoms with Crippen LogP contribution in [0.1, 0.15) is 35.2 Å². The number of rotatable bonds is 6. The molecular weight excluding hydrogens is 322 g/mol. The van der Waals surface area contributed by atoms with Crippen molar-refractivity contribution in [2.45, 2.75) is 33.2 Å². The Bertz CT molecular complexity index is 838. The van der Waals surface area contributed by atoms with Gasteiger partial charge < -0.3 is 9.84 Å². The number of carbonyl (C=O) groups is 1. The maximum absolute atomic E-state index is 11.3. The third kappa shape index (κ3) is 3.89. The molecule has 3 aromatic rings. The summed E-state index contributed by atoms with van der Waals surface area (Å²) in [6, 6.07) is 12.1. The Kier molecular flexibility index (Phi) is 5.05. The Balaban J connectivity index is 1.68. The van der Waals surface area contributed by atoms with Crippen LogP contribution in [0, 0.1) is 6.92 Å². The van der Waals surface area contributed by atoms with Crippen LogP contribution in [0.15, 0.2) is 40.9 Å². The first-order chi connectivity index (χ1) is 11.7. The zero-order valence-corrected chi connectivity index (χ0v) is 14.5. The van der Waals surface area contributed by atoms with E-state index in [1.165, 1.54) is 11.1 Å². The molecule has 0 saturated carbocycles. The standard InChI is InChI=1S/C18H19N3O2S/c1-3-16(22)19-11-14-8-9-15(24-14)18-20-17(23-21-18)10-13-7-5-4-6-12(13)2/h4-9H,3,10-11H2,1-2H3,(H,19,22). The summed E-state index contributed by atoms with van der Waals surface area (Å²) in [7, 11) is 0. The molecule has 0 fully saturated rings. The van der Waals surface area contributed by atoms with Crippen LogP contribution in [0.5, 0.6) is 0 Å². The zero-order chi connectivity index (χ0) is 16.9. The quantitative estimate of drug-likeness (QED) is 0.742. The van der Waals surface area contributed by atoms with Gasteiger partial charge in [-0.3, -0.25) is 4.79 Å². The number of carbonyl (C=O) groups excluding carboxylic acids is 1. The van der Waals surface area contributed by atoms with Crippen LogP contribution in [0.25, 0.3) is 10.7 Å². The van der Waals surface area contributed by atoms with Crippen LogP contribution in [-0.2, 0) is 17.8 Å². The molecule has 0 radical (unpaired) electrons. The van der Waals surface area contributed by atoms with Gasteiger partial charge in [-0.05, 0) is 30.2 Å². The highest BCUT2D eigenvalue weighted by Gasteiger charge is 2.12. The Labute approximate surface area is 144 Å². The molecule has 1 amide bonds. The van der Waals surface area contributed by atoms with E-state index in [-0.39, 0.29) is 5.91 Å². The topological polar surface area (TPSA) is 68.0 Å². The minimum atomic E-state index is 0.0463. The summed E-state index contributed by atoms with van der Waals surface area (Å²) in [6.45, 7) is 4.44. The summed E-state index contributed by atoms with van der Waals surface area (Å²) in [6.07, 6.45) is 1.12. The van der Waals surface area contributed by atoms with Crippen molar-refractivity contribution < 1.29 is 9.32 Å². The largest absolute Gasteiger partial charge is 0.351 e. The van der Waals surface area contributed by atoms with Crippen molar-refractivity contribution in [3.8, 4) is 10.7 Å². The number of hydrogen-bond acceptors (Lipinski definition) is 5. The lowest BCUT2D eigenvalue weighted by Gasteiger charge is -2.00. The maximum Gasteiger partial charge on any atom is 0.231 e. The lowest BCUT2D eigenvalue weighted by molar-refractivity contribution is -0.120. The fraction of sp³-hybridized carbons (Fsp3) is 0.278. The van der Waals surface area contributed by atoms with E-state index in [9.17, 15) is 4.79 Å². The summed E-state index contributed by atoms with van der Waals surface area (Å²) >= 11 is 1.56. The average molecular weight is 341 g/mol. The molecule has 2 aromatic heterocycles. The van der Waals surface area contributed by atoms with Gasteiger partial charge in [-0.25, -0.2) is 0 Å². The zero-order valence-electron chi connectivity index (χ0n) is 13.7. The molecule has 24 heavy (non-hydrogen) atoms. The Morgan fingerprint density at radius 3 is 2.88 bits per heavy atom. The predicted molar refractivity (Wildman–Crippen MR) is 93.7 cm³/mol. The minimum Gasteiger partial charge on any atom is -0.351 e. The number of aromatic nitrogens is 2. The molecule has 0 aliphatic heterocycles. The third-order valence-corrected chi connectivity index (χ3v) is 4.82. The van der Waals surface area contributed by atoms with Gasteiger partial charge in [0, 0.05) is 11.3 Å². The van der Waals surface area contributed by atoms with Crippen molar-refractivity contribution >= 4 is 17.2 Å². The summed E-state index contributed by atoms with van der Waals surface area (Å²) in [4.78, 5) is 17.8. The first-order valence-corrected chi connectivity index (χ1v) is 8.70. The third-order valence-electron chi connectivity index (χ3n) is 3.73. The molecule has 1 N–H and O–H groups in total. The highest BCUT2D eigenvalue weighted by Crippen LogP contribution is 2.26. The monoisotopic (exact) mass is 341 g/mol. The Hall–Kier alpha value is -2.47. The van der Waals surface area contributed by atoms with E-state index in [2.05, 4.69) is 34.5 Å². The van der Waals surface area contributed by atoms with Gasteiger partial charge in [0.1, 0.15) is 0 Å². The second-order valence-electron chi connectivity index (χ2n) is 5.51. The molecule has 3 rings (SSSR count). The van der Waals surface area contributed by atoms with Gasteiger partial charge in [0.15, 0.2) is 0 Å². The molecule has 124 valence electrons. The predicted octanol–water partition coefficient (Wildman–Crippen LogP) is 3.72. The fourth-order valence-corrected chi connectivity index (χ4v) is 3.18. The van der Waals surface area contributed by atoms with Crippen molar-refractivity contribution in [3.63, 3.8) is 0 Å². The highest BCUT2D eigenvalue weighted by molar-refractivity contribution is 7.15. The van der Waals surface area contributed by atoms with Gasteiger partial charge in [0.05, 0.1) is 17.8 Å². The van der Waals surface area contributed by atoms with Crippen LogP contribution in [0.4, 0.5) is 0 Å². The van der Waals surface area contributed by atoms with Gasteiger partial charge in [0.25, 0.3) is 0 Å². The van der Waals surface area contributed by atoms with Crippen LogP contribution in [-0.4, -0.2) is 16.0 Å². The molecule has 1 aromatic carbocycles. The van der Waals surface area contributed by atoms with Crippen molar-refractivity contribution in [1.82, 2.24) is 15.5 Å². The van der Waals surface area contributed by atoms with Gasteiger partial charge in [-0.15, -0.1) is 11.3 Å². The van der Waals surface area contributed by atoms with E-state index in [1.54, 1.807) is 11.3 Å². The van der Waals surface area contributed by atoms with E-state index in [0.717, 1.165) is 9.75 Å². The second kappa shape index (κ2) is 7.40. The van der Waals surface area contributed by atoms with Crippen molar-refractivity contribution in [2.75, 3.05) is 0 Å². The lowest BCUT2D eigenvalue weighted by Crippen LogP contribution is -2.20. The van der Waals surface area contributed by atoms with Gasteiger partial charge in [0.2, 0.25) is 17.6 Å². The number of aryl methyl sites for hydroxylation is 1. The minimum absolute atomic E-state index is 0.0463. The summed E-state index contributed by atoms with van der Waals surface area (Å²) in [5, 5.41) is 6.94. The molecule has 0 bridgehead atoms. The summed E-state index contributed by atoms with van der Waals surface area (Å²) < 4.78 is 5.38. The number of benzene rings is 1. The Morgan fingerprint density at radius 1 is 1.25 bits per heavy atom. The molecule has 0 unspecified atom stereocenters. The molecular formula is C18H19N3O2S. The molecule has 0 spiro atoms. The van der Waals surface area contributed by atoms with Crippen molar-refractivity contribution in [3.05, 3.63) is 58.3 Å². The highest BCUT2D eigenvalue weighted by atomic mass is 32.1. The summed E-state index contributed by atoms with van der Waals surface area (Å²) in [5.41, 5.74) is 2.39. The van der Waals surface area contributed by atoms with Crippen LogP contribution in [0.2, 0.25) is 0 Å². The molecule has 0 aliphatic carbocycles. The van der Waals surface area contributed by atoms with E-state index in [0.29, 0.717) is 31.1 Å². The average Bonchev–Trinajstić information content (AvgIpc) is 3.24. The molecule has 0 aliphatic rings. The first-order valence-electron chi connectivity index (χ1n) is 7.88. The molecule has 5 nitrogen and oxygen atoms in total. The lowest BCUT2D eigenvalue weighted by atomic mass is 10.1. The molecule has 2 heterocycles.